The molecule has 5 heteroatoms. The first kappa shape index (κ1) is 15.8. The average Bonchev–Trinajstić information content (AvgIpc) is 3.25. The summed E-state index contributed by atoms with van der Waals surface area (Å²) in [5, 5.41) is 7.86. The minimum atomic E-state index is -0.0704. The van der Waals surface area contributed by atoms with Gasteiger partial charge in [0.15, 0.2) is 0 Å². The predicted molar refractivity (Wildman–Crippen MR) is 96.4 cm³/mol. The highest BCUT2D eigenvalue weighted by Gasteiger charge is 2.23. The third kappa shape index (κ3) is 3.02. The van der Waals surface area contributed by atoms with Crippen LogP contribution in [0.25, 0.3) is 22.4 Å². The molecule has 2 aromatic heterocycles. The molecule has 1 fully saturated rings. The number of pyridine rings is 1. The van der Waals surface area contributed by atoms with Gasteiger partial charge in [-0.2, -0.15) is 0 Å². The Morgan fingerprint density at radius 2 is 1.88 bits per heavy atom. The van der Waals surface area contributed by atoms with Gasteiger partial charge in [0.25, 0.3) is 11.6 Å². The first-order valence-electron chi connectivity index (χ1n) is 8.77. The van der Waals surface area contributed by atoms with Crippen LogP contribution in [0.1, 0.15) is 47.3 Å². The molecule has 0 bridgehead atoms. The molecule has 4 rings (SSSR count). The van der Waals surface area contributed by atoms with Crippen LogP contribution in [0, 0.1) is 13.8 Å². The van der Waals surface area contributed by atoms with Gasteiger partial charge in [-0.1, -0.05) is 47.8 Å². The fourth-order valence-electron chi connectivity index (χ4n) is 3.48. The molecule has 2 heterocycles. The largest absolute Gasteiger partial charge is 0.349 e. The molecule has 128 valence electrons. The number of aromatic nitrogens is 2. The second kappa shape index (κ2) is 6.31. The van der Waals surface area contributed by atoms with E-state index < -0.39 is 0 Å². The molecule has 0 unspecified atom stereocenters. The summed E-state index contributed by atoms with van der Waals surface area (Å²) in [5.74, 6) is -0.0704. The second-order valence-corrected chi connectivity index (χ2v) is 6.82. The number of hydrogen-bond donors (Lipinski definition) is 1. The average molecular weight is 335 g/mol. The van der Waals surface area contributed by atoms with Crippen molar-refractivity contribution in [1.29, 1.82) is 0 Å². The van der Waals surface area contributed by atoms with Crippen molar-refractivity contribution in [2.45, 2.75) is 45.6 Å². The highest BCUT2D eigenvalue weighted by Crippen LogP contribution is 2.28. The molecule has 0 radical (unpaired) electrons. The number of carbonyl (C=O) groups excluding carboxylic acids is 1. The van der Waals surface area contributed by atoms with E-state index in [1.807, 2.05) is 44.2 Å². The second-order valence-electron chi connectivity index (χ2n) is 6.82. The predicted octanol–water partition coefficient (Wildman–Crippen LogP) is 4.18. The van der Waals surface area contributed by atoms with Gasteiger partial charge in [-0.15, -0.1) is 0 Å². The van der Waals surface area contributed by atoms with Crippen LogP contribution >= 0.6 is 0 Å². The van der Waals surface area contributed by atoms with Gasteiger partial charge in [0, 0.05) is 11.6 Å². The van der Waals surface area contributed by atoms with E-state index in [4.69, 9.17) is 4.52 Å². The number of carbonyl (C=O) groups is 1. The molecule has 0 spiro atoms. The molecule has 1 aliphatic rings. The van der Waals surface area contributed by atoms with E-state index >= 15 is 0 Å². The Morgan fingerprint density at radius 1 is 1.16 bits per heavy atom. The van der Waals surface area contributed by atoms with Crippen LogP contribution in [0.4, 0.5) is 0 Å². The molecular weight excluding hydrogens is 314 g/mol. The van der Waals surface area contributed by atoms with Crippen molar-refractivity contribution >= 4 is 17.0 Å². The smallest absolute Gasteiger partial charge is 0.259 e. The van der Waals surface area contributed by atoms with Gasteiger partial charge in [-0.25, -0.2) is 4.98 Å². The maximum absolute atomic E-state index is 12.9. The zero-order valence-electron chi connectivity index (χ0n) is 14.5. The lowest BCUT2D eigenvalue weighted by Gasteiger charge is -2.13. The van der Waals surface area contributed by atoms with E-state index in [1.54, 1.807) is 0 Å². The first-order valence-corrected chi connectivity index (χ1v) is 8.77. The van der Waals surface area contributed by atoms with Gasteiger partial charge in [0.1, 0.15) is 0 Å². The van der Waals surface area contributed by atoms with Crippen molar-refractivity contribution < 1.29 is 9.32 Å². The van der Waals surface area contributed by atoms with Crippen LogP contribution < -0.4 is 5.32 Å². The van der Waals surface area contributed by atoms with Crippen LogP contribution in [0.15, 0.2) is 34.9 Å². The minimum Gasteiger partial charge on any atom is -0.349 e. The summed E-state index contributed by atoms with van der Waals surface area (Å²) in [6.45, 7) is 3.88. The fourth-order valence-corrected chi connectivity index (χ4v) is 3.48. The lowest BCUT2D eigenvalue weighted by molar-refractivity contribution is 0.0939. The Kier molecular flexibility index (Phi) is 3.99. The first-order chi connectivity index (χ1) is 12.1. The Bertz CT molecular complexity index is 922. The molecule has 5 nitrogen and oxygen atoms in total. The van der Waals surface area contributed by atoms with Gasteiger partial charge in [-0.3, -0.25) is 4.79 Å². The zero-order valence-corrected chi connectivity index (χ0v) is 14.5. The summed E-state index contributed by atoms with van der Waals surface area (Å²) in [7, 11) is 0. The zero-order chi connectivity index (χ0) is 17.4. The number of fused-ring (bicyclic) bond motifs is 1. The van der Waals surface area contributed by atoms with Gasteiger partial charge in [0.2, 0.25) is 0 Å². The number of nitrogens with one attached hydrogen (secondary N) is 1. The monoisotopic (exact) mass is 335 g/mol. The molecule has 0 saturated heterocycles. The van der Waals surface area contributed by atoms with Crippen molar-refractivity contribution in [1.82, 2.24) is 15.5 Å². The molecular formula is C20H21N3O2. The highest BCUT2D eigenvalue weighted by atomic mass is 16.5. The topological polar surface area (TPSA) is 68.0 Å². The van der Waals surface area contributed by atoms with E-state index in [9.17, 15) is 4.79 Å². The van der Waals surface area contributed by atoms with Crippen molar-refractivity contribution in [3.05, 3.63) is 47.2 Å². The van der Waals surface area contributed by atoms with Crippen molar-refractivity contribution in [3.8, 4) is 11.3 Å². The van der Waals surface area contributed by atoms with Crippen molar-refractivity contribution in [3.63, 3.8) is 0 Å². The van der Waals surface area contributed by atoms with Crippen LogP contribution in [-0.2, 0) is 0 Å². The molecule has 1 aromatic carbocycles. The van der Waals surface area contributed by atoms with Gasteiger partial charge < -0.3 is 9.84 Å². The normalized spacial score (nSPS) is 15.0. The SMILES string of the molecule is Cc1ccc(-c2cc(C(=O)NC3CCCC3)c3c(C)noc3n2)cc1. The van der Waals surface area contributed by atoms with E-state index in [0.29, 0.717) is 22.4 Å². The lowest BCUT2D eigenvalue weighted by atomic mass is 10.0. The third-order valence-electron chi connectivity index (χ3n) is 4.90. The van der Waals surface area contributed by atoms with Gasteiger partial charge in [-0.05, 0) is 32.8 Å². The Balaban J connectivity index is 1.78. The quantitative estimate of drug-likeness (QED) is 0.779. The number of rotatable bonds is 3. The number of amides is 1. The maximum Gasteiger partial charge on any atom is 0.259 e. The summed E-state index contributed by atoms with van der Waals surface area (Å²) >= 11 is 0. The fraction of sp³-hybridized carbons (Fsp3) is 0.350. The number of aryl methyl sites for hydroxylation is 2. The Hall–Kier alpha value is -2.69. The Labute approximate surface area is 146 Å². The maximum atomic E-state index is 12.9. The molecule has 1 saturated carbocycles. The van der Waals surface area contributed by atoms with Crippen molar-refractivity contribution in [2.24, 2.45) is 0 Å². The number of nitrogens with zero attached hydrogens (tertiary/aromatic N) is 2. The summed E-state index contributed by atoms with van der Waals surface area (Å²) in [5.41, 5.74) is 4.55. The molecule has 0 atom stereocenters. The highest BCUT2D eigenvalue weighted by molar-refractivity contribution is 6.07. The number of hydrogen-bond acceptors (Lipinski definition) is 4. The summed E-state index contributed by atoms with van der Waals surface area (Å²) in [6.07, 6.45) is 4.45. The van der Waals surface area contributed by atoms with Crippen LogP contribution in [0.5, 0.6) is 0 Å². The molecule has 25 heavy (non-hydrogen) atoms. The summed E-state index contributed by atoms with van der Waals surface area (Å²) in [4.78, 5) is 17.5. The van der Waals surface area contributed by atoms with E-state index in [0.717, 1.165) is 24.1 Å². The van der Waals surface area contributed by atoms with Crippen LogP contribution in [-0.4, -0.2) is 22.1 Å². The Morgan fingerprint density at radius 3 is 2.60 bits per heavy atom. The summed E-state index contributed by atoms with van der Waals surface area (Å²) in [6, 6.07) is 10.2. The van der Waals surface area contributed by atoms with E-state index in [1.165, 1.54) is 18.4 Å². The molecule has 3 aromatic rings. The lowest BCUT2D eigenvalue weighted by Crippen LogP contribution is -2.32. The van der Waals surface area contributed by atoms with Crippen LogP contribution in [0.2, 0.25) is 0 Å². The number of benzene rings is 1. The van der Waals surface area contributed by atoms with Gasteiger partial charge >= 0.3 is 0 Å². The standard InChI is InChI=1S/C20H21N3O2/c1-12-7-9-14(10-8-12)17-11-16(18-13(2)23-25-20(18)22-17)19(24)21-15-5-3-4-6-15/h7-11,15H,3-6H2,1-2H3,(H,21,24). The molecule has 1 aliphatic carbocycles. The summed E-state index contributed by atoms with van der Waals surface area (Å²) < 4.78 is 5.35. The van der Waals surface area contributed by atoms with Gasteiger partial charge in [0.05, 0.1) is 22.3 Å². The van der Waals surface area contributed by atoms with Crippen molar-refractivity contribution in [2.75, 3.05) is 0 Å². The van der Waals surface area contributed by atoms with E-state index in [-0.39, 0.29) is 11.9 Å². The third-order valence-corrected chi connectivity index (χ3v) is 4.90. The molecule has 1 N–H and O–H groups in total. The van der Waals surface area contributed by atoms with Crippen LogP contribution in [0.3, 0.4) is 0 Å². The van der Waals surface area contributed by atoms with E-state index in [2.05, 4.69) is 15.5 Å². The minimum absolute atomic E-state index is 0.0704. The molecule has 1 amide bonds. The molecule has 0 aliphatic heterocycles.